The van der Waals surface area contributed by atoms with Gasteiger partial charge in [0.15, 0.2) is 0 Å². The van der Waals surface area contributed by atoms with Crippen LogP contribution in [-0.4, -0.2) is 33.9 Å². The van der Waals surface area contributed by atoms with Gasteiger partial charge in [-0.05, 0) is 30.7 Å². The van der Waals surface area contributed by atoms with Crippen LogP contribution < -0.4 is 5.32 Å². The minimum atomic E-state index is 0.0178. The van der Waals surface area contributed by atoms with E-state index in [0.717, 1.165) is 12.1 Å². The number of hydrogen-bond acceptors (Lipinski definition) is 3. The largest absolute Gasteiger partial charge is 0.396 e. The molecule has 0 spiro atoms. The van der Waals surface area contributed by atoms with Crippen molar-refractivity contribution < 1.29 is 9.90 Å². The van der Waals surface area contributed by atoms with E-state index >= 15 is 0 Å². The Kier molecular flexibility index (Phi) is 5.39. The Labute approximate surface area is 114 Å². The van der Waals surface area contributed by atoms with Crippen molar-refractivity contribution in [3.63, 3.8) is 0 Å². The van der Waals surface area contributed by atoms with Crippen molar-refractivity contribution >= 4 is 5.91 Å². The molecule has 0 aliphatic heterocycles. The zero-order valence-electron chi connectivity index (χ0n) is 11.3. The topological polar surface area (TPSA) is 67.2 Å². The number of aromatic nitrogens is 2. The van der Waals surface area contributed by atoms with E-state index in [1.807, 2.05) is 6.20 Å². The second kappa shape index (κ2) is 7.28. The summed E-state index contributed by atoms with van der Waals surface area (Å²) in [6, 6.07) is 0. The minimum Gasteiger partial charge on any atom is -0.396 e. The first kappa shape index (κ1) is 14.1. The molecule has 1 aliphatic rings. The molecule has 1 aromatic rings. The Morgan fingerprint density at radius 2 is 2.21 bits per heavy atom. The summed E-state index contributed by atoms with van der Waals surface area (Å²) < 4.78 is 1.63. The van der Waals surface area contributed by atoms with Crippen molar-refractivity contribution in [2.45, 2.75) is 45.1 Å². The summed E-state index contributed by atoms with van der Waals surface area (Å²) in [5.74, 6) is 0.671. The molecule has 106 valence electrons. The first-order valence-electron chi connectivity index (χ1n) is 7.17. The molecule has 2 rings (SSSR count). The Balaban J connectivity index is 1.70. The molecule has 1 aliphatic carbocycles. The van der Waals surface area contributed by atoms with Gasteiger partial charge < -0.3 is 10.4 Å². The van der Waals surface area contributed by atoms with Crippen LogP contribution in [-0.2, 0) is 17.8 Å². The lowest BCUT2D eigenvalue weighted by molar-refractivity contribution is -0.122. The van der Waals surface area contributed by atoms with E-state index < -0.39 is 0 Å². The fraction of sp³-hybridized carbons (Fsp3) is 0.714. The van der Waals surface area contributed by atoms with Crippen LogP contribution >= 0.6 is 0 Å². The van der Waals surface area contributed by atoms with Crippen LogP contribution in [0.2, 0.25) is 0 Å². The van der Waals surface area contributed by atoms with Crippen molar-refractivity contribution in [3.8, 4) is 0 Å². The third kappa shape index (κ3) is 4.67. The standard InChI is InChI=1S/C14H23N3O2/c18-7-6-13-9-16-17(10-13)11-14(19)15-8-12-4-2-1-3-5-12/h9-10,12,18H,1-8,11H2,(H,15,19). The SMILES string of the molecule is O=C(Cn1cc(CCO)cn1)NCC1CCCCC1. The number of carbonyl (C=O) groups is 1. The van der Waals surface area contributed by atoms with E-state index in [-0.39, 0.29) is 19.1 Å². The summed E-state index contributed by atoms with van der Waals surface area (Å²) in [5.41, 5.74) is 0.961. The molecule has 1 amide bonds. The highest BCUT2D eigenvalue weighted by Gasteiger charge is 2.14. The number of aliphatic hydroxyl groups excluding tert-OH is 1. The molecule has 1 saturated carbocycles. The monoisotopic (exact) mass is 265 g/mol. The van der Waals surface area contributed by atoms with Gasteiger partial charge in [0.25, 0.3) is 0 Å². The van der Waals surface area contributed by atoms with E-state index in [4.69, 9.17) is 5.11 Å². The second-order valence-electron chi connectivity index (χ2n) is 5.33. The van der Waals surface area contributed by atoms with Crippen LogP contribution in [0.25, 0.3) is 0 Å². The Hall–Kier alpha value is -1.36. The van der Waals surface area contributed by atoms with Gasteiger partial charge in [0.1, 0.15) is 6.54 Å². The van der Waals surface area contributed by atoms with Crippen LogP contribution in [0.1, 0.15) is 37.7 Å². The molecule has 0 saturated heterocycles. The van der Waals surface area contributed by atoms with Gasteiger partial charge in [-0.15, -0.1) is 0 Å². The van der Waals surface area contributed by atoms with Gasteiger partial charge >= 0.3 is 0 Å². The first-order chi connectivity index (χ1) is 9.28. The maximum absolute atomic E-state index is 11.8. The molecule has 1 fully saturated rings. The van der Waals surface area contributed by atoms with Gasteiger partial charge in [-0.1, -0.05) is 19.3 Å². The maximum atomic E-state index is 11.8. The number of hydrogen-bond donors (Lipinski definition) is 2. The summed E-state index contributed by atoms with van der Waals surface area (Å²) in [5, 5.41) is 15.9. The summed E-state index contributed by atoms with van der Waals surface area (Å²) in [7, 11) is 0. The van der Waals surface area contributed by atoms with E-state index in [2.05, 4.69) is 10.4 Å². The lowest BCUT2D eigenvalue weighted by Crippen LogP contribution is -2.32. The zero-order chi connectivity index (χ0) is 13.5. The number of rotatable bonds is 6. The molecule has 0 bridgehead atoms. The molecule has 5 heteroatoms. The fourth-order valence-corrected chi connectivity index (χ4v) is 2.60. The van der Waals surface area contributed by atoms with E-state index in [9.17, 15) is 4.79 Å². The molecule has 5 nitrogen and oxygen atoms in total. The molecule has 0 aromatic carbocycles. The maximum Gasteiger partial charge on any atom is 0.241 e. The molecule has 0 unspecified atom stereocenters. The highest BCUT2D eigenvalue weighted by molar-refractivity contribution is 5.75. The second-order valence-corrected chi connectivity index (χ2v) is 5.33. The predicted molar refractivity (Wildman–Crippen MR) is 72.6 cm³/mol. The lowest BCUT2D eigenvalue weighted by Gasteiger charge is -2.21. The Bertz CT molecular complexity index is 397. The highest BCUT2D eigenvalue weighted by Crippen LogP contribution is 2.22. The van der Waals surface area contributed by atoms with Gasteiger partial charge in [-0.2, -0.15) is 5.10 Å². The van der Waals surface area contributed by atoms with Gasteiger partial charge in [-0.3, -0.25) is 9.48 Å². The van der Waals surface area contributed by atoms with Gasteiger partial charge in [0.2, 0.25) is 5.91 Å². The van der Waals surface area contributed by atoms with Crippen molar-refractivity contribution in [1.82, 2.24) is 15.1 Å². The summed E-state index contributed by atoms with van der Waals surface area (Å²) in [6.45, 7) is 1.17. The van der Waals surface area contributed by atoms with Crippen molar-refractivity contribution in [3.05, 3.63) is 18.0 Å². The molecule has 2 N–H and O–H groups in total. The van der Waals surface area contributed by atoms with E-state index in [0.29, 0.717) is 12.3 Å². The molecule has 0 radical (unpaired) electrons. The van der Waals surface area contributed by atoms with E-state index in [1.54, 1.807) is 10.9 Å². The van der Waals surface area contributed by atoms with Crippen molar-refractivity contribution in [2.24, 2.45) is 5.92 Å². The summed E-state index contributed by atoms with van der Waals surface area (Å²) in [4.78, 5) is 11.8. The smallest absolute Gasteiger partial charge is 0.241 e. The number of nitrogens with one attached hydrogen (secondary N) is 1. The van der Waals surface area contributed by atoms with Crippen LogP contribution in [0.5, 0.6) is 0 Å². The van der Waals surface area contributed by atoms with Gasteiger partial charge in [0, 0.05) is 19.3 Å². The first-order valence-corrected chi connectivity index (χ1v) is 7.17. The van der Waals surface area contributed by atoms with Gasteiger partial charge in [-0.25, -0.2) is 0 Å². The van der Waals surface area contributed by atoms with Crippen LogP contribution in [0.15, 0.2) is 12.4 Å². The van der Waals surface area contributed by atoms with Crippen molar-refractivity contribution in [1.29, 1.82) is 0 Å². The van der Waals surface area contributed by atoms with E-state index in [1.165, 1.54) is 32.1 Å². The molecule has 1 aromatic heterocycles. The lowest BCUT2D eigenvalue weighted by atomic mass is 9.89. The average molecular weight is 265 g/mol. The quantitative estimate of drug-likeness (QED) is 0.810. The minimum absolute atomic E-state index is 0.0178. The number of aliphatic hydroxyl groups is 1. The predicted octanol–water partition coefficient (Wildman–Crippen LogP) is 1.11. The third-order valence-electron chi connectivity index (χ3n) is 3.71. The normalized spacial score (nSPS) is 16.5. The Morgan fingerprint density at radius 3 is 2.95 bits per heavy atom. The van der Waals surface area contributed by atoms with Crippen molar-refractivity contribution in [2.75, 3.05) is 13.2 Å². The number of amides is 1. The van der Waals surface area contributed by atoms with Crippen LogP contribution in [0.4, 0.5) is 0 Å². The number of nitrogens with zero attached hydrogens (tertiary/aromatic N) is 2. The molecule has 1 heterocycles. The third-order valence-corrected chi connectivity index (χ3v) is 3.71. The molecular weight excluding hydrogens is 242 g/mol. The molecule has 0 atom stereocenters. The average Bonchev–Trinajstić information content (AvgIpc) is 2.85. The van der Waals surface area contributed by atoms with Crippen LogP contribution in [0.3, 0.4) is 0 Å². The summed E-state index contributed by atoms with van der Waals surface area (Å²) in [6.07, 6.45) is 10.5. The molecule has 19 heavy (non-hydrogen) atoms. The van der Waals surface area contributed by atoms with Crippen LogP contribution in [0, 0.1) is 5.92 Å². The summed E-state index contributed by atoms with van der Waals surface area (Å²) >= 11 is 0. The fourth-order valence-electron chi connectivity index (χ4n) is 2.60. The molecular formula is C14H23N3O2. The Morgan fingerprint density at radius 1 is 1.42 bits per heavy atom. The number of carbonyl (C=O) groups excluding carboxylic acids is 1. The van der Waals surface area contributed by atoms with Gasteiger partial charge in [0.05, 0.1) is 6.20 Å². The highest BCUT2D eigenvalue weighted by atomic mass is 16.3. The zero-order valence-corrected chi connectivity index (χ0v) is 11.3.